The Morgan fingerprint density at radius 3 is 2.57 bits per heavy atom. The molecule has 23 heavy (non-hydrogen) atoms. The highest BCUT2D eigenvalue weighted by Crippen LogP contribution is 2.48. The number of aliphatic imine (C=N–C) groups is 1. The summed E-state index contributed by atoms with van der Waals surface area (Å²) in [6.45, 7) is 1.91. The minimum absolute atomic E-state index is 0.0260. The molecule has 2 saturated carbocycles. The monoisotopic (exact) mass is 324 g/mol. The summed E-state index contributed by atoms with van der Waals surface area (Å²) in [5, 5.41) is 6.97. The fourth-order valence-electron chi connectivity index (χ4n) is 2.99. The topological polar surface area (TPSA) is 66.0 Å². The van der Waals surface area contributed by atoms with Crippen LogP contribution in [0, 0.1) is 5.41 Å². The maximum atomic E-state index is 11.8. The first-order valence-electron chi connectivity index (χ1n) is 8.79. The van der Waals surface area contributed by atoms with E-state index in [1.165, 1.54) is 38.5 Å². The number of carbonyl (C=O) groups is 1. The number of hydrogen-bond acceptors (Lipinski definition) is 3. The summed E-state index contributed by atoms with van der Waals surface area (Å²) in [5.41, 5.74) is 0.361. The first kappa shape index (κ1) is 18.0. The van der Waals surface area contributed by atoms with Gasteiger partial charge in [0.15, 0.2) is 5.96 Å². The van der Waals surface area contributed by atoms with Crippen molar-refractivity contribution in [3.63, 3.8) is 0 Å². The Morgan fingerprint density at radius 1 is 1.30 bits per heavy atom. The average molecular weight is 324 g/mol. The van der Waals surface area contributed by atoms with Gasteiger partial charge in [0.05, 0.1) is 0 Å². The molecular formula is C17H32N4O2. The Kier molecular flexibility index (Phi) is 6.69. The van der Waals surface area contributed by atoms with E-state index >= 15 is 0 Å². The van der Waals surface area contributed by atoms with Gasteiger partial charge in [0.1, 0.15) is 6.54 Å². The van der Waals surface area contributed by atoms with Gasteiger partial charge in [0.25, 0.3) is 0 Å². The third-order valence-corrected chi connectivity index (χ3v) is 4.99. The summed E-state index contributed by atoms with van der Waals surface area (Å²) >= 11 is 0. The minimum atomic E-state index is 0.0260. The smallest absolute Gasteiger partial charge is 0.243 e. The lowest BCUT2D eigenvalue weighted by Gasteiger charge is -2.21. The standard InChI is InChI=1S/C17H32N4O2/c1-21(2)15(22)12-18-16(20-14-6-4-5-7-14)19-13-17(8-9-17)10-11-23-3/h14H,4-13H2,1-3H3,(H2,18,19,20). The van der Waals surface area contributed by atoms with Crippen molar-refractivity contribution in [1.82, 2.24) is 15.5 Å². The number of hydrogen-bond donors (Lipinski definition) is 2. The van der Waals surface area contributed by atoms with Crippen LogP contribution in [0.1, 0.15) is 44.9 Å². The van der Waals surface area contributed by atoms with E-state index in [1.54, 1.807) is 26.1 Å². The Morgan fingerprint density at radius 2 is 2.00 bits per heavy atom. The van der Waals surface area contributed by atoms with Crippen LogP contribution in [0.3, 0.4) is 0 Å². The third kappa shape index (κ3) is 6.01. The van der Waals surface area contributed by atoms with E-state index in [0.717, 1.165) is 25.5 Å². The van der Waals surface area contributed by atoms with Gasteiger partial charge in [-0.15, -0.1) is 0 Å². The lowest BCUT2D eigenvalue weighted by Crippen LogP contribution is -2.45. The Labute approximate surface area is 140 Å². The van der Waals surface area contributed by atoms with E-state index in [2.05, 4.69) is 15.6 Å². The highest BCUT2D eigenvalue weighted by atomic mass is 16.5. The number of ether oxygens (including phenoxy) is 1. The zero-order valence-electron chi connectivity index (χ0n) is 14.9. The van der Waals surface area contributed by atoms with Crippen molar-refractivity contribution in [2.24, 2.45) is 10.4 Å². The van der Waals surface area contributed by atoms with Gasteiger partial charge < -0.3 is 20.3 Å². The highest BCUT2D eigenvalue weighted by molar-refractivity contribution is 5.85. The number of carbonyl (C=O) groups excluding carboxylic acids is 1. The molecule has 2 fully saturated rings. The lowest BCUT2D eigenvalue weighted by molar-refractivity contribution is -0.127. The summed E-state index contributed by atoms with van der Waals surface area (Å²) in [5.74, 6) is 0.814. The summed E-state index contributed by atoms with van der Waals surface area (Å²) < 4.78 is 5.21. The molecule has 0 bridgehead atoms. The van der Waals surface area contributed by atoms with Crippen LogP contribution in [-0.2, 0) is 9.53 Å². The van der Waals surface area contributed by atoms with Gasteiger partial charge in [-0.25, -0.2) is 4.99 Å². The molecule has 0 aromatic rings. The number of methoxy groups -OCH3 is 1. The van der Waals surface area contributed by atoms with Crippen molar-refractivity contribution in [3.8, 4) is 0 Å². The molecule has 0 saturated heterocycles. The molecule has 1 amide bonds. The summed E-state index contributed by atoms with van der Waals surface area (Å²) in [7, 11) is 5.28. The van der Waals surface area contributed by atoms with Crippen LogP contribution >= 0.6 is 0 Å². The molecular weight excluding hydrogens is 292 g/mol. The van der Waals surface area contributed by atoms with Gasteiger partial charge in [0, 0.05) is 40.4 Å². The van der Waals surface area contributed by atoms with Gasteiger partial charge >= 0.3 is 0 Å². The third-order valence-electron chi connectivity index (χ3n) is 4.99. The van der Waals surface area contributed by atoms with Crippen molar-refractivity contribution < 1.29 is 9.53 Å². The van der Waals surface area contributed by atoms with Crippen molar-refractivity contribution in [2.45, 2.75) is 51.0 Å². The molecule has 0 radical (unpaired) electrons. The molecule has 0 aromatic heterocycles. The number of nitrogens with one attached hydrogen (secondary N) is 2. The predicted molar refractivity (Wildman–Crippen MR) is 92.6 cm³/mol. The number of nitrogens with zero attached hydrogens (tertiary/aromatic N) is 2. The summed E-state index contributed by atoms with van der Waals surface area (Å²) in [4.78, 5) is 17.9. The number of amides is 1. The molecule has 132 valence electrons. The molecule has 2 rings (SSSR count). The Balaban J connectivity index is 1.87. The van der Waals surface area contributed by atoms with E-state index in [0.29, 0.717) is 11.5 Å². The van der Waals surface area contributed by atoms with Crippen molar-refractivity contribution >= 4 is 11.9 Å². The van der Waals surface area contributed by atoms with Gasteiger partial charge in [-0.2, -0.15) is 0 Å². The fourth-order valence-corrected chi connectivity index (χ4v) is 2.99. The normalized spacial score (nSPS) is 20.4. The number of likely N-dealkylation sites (N-methyl/N-ethyl adjacent to an activating group) is 1. The second-order valence-electron chi connectivity index (χ2n) is 7.18. The average Bonchev–Trinajstić information content (AvgIpc) is 3.12. The lowest BCUT2D eigenvalue weighted by atomic mass is 10.0. The van der Waals surface area contributed by atoms with Crippen LogP contribution in [-0.4, -0.2) is 63.7 Å². The largest absolute Gasteiger partial charge is 0.385 e. The van der Waals surface area contributed by atoms with Gasteiger partial charge in [0.2, 0.25) is 5.91 Å². The molecule has 2 N–H and O–H groups in total. The summed E-state index contributed by atoms with van der Waals surface area (Å²) in [6.07, 6.45) is 8.52. The maximum Gasteiger partial charge on any atom is 0.243 e. The van der Waals surface area contributed by atoms with Crippen LogP contribution in [0.15, 0.2) is 4.99 Å². The first-order valence-corrected chi connectivity index (χ1v) is 8.79. The molecule has 6 nitrogen and oxygen atoms in total. The van der Waals surface area contributed by atoms with E-state index in [9.17, 15) is 4.79 Å². The van der Waals surface area contributed by atoms with E-state index in [1.807, 2.05) is 0 Å². The van der Waals surface area contributed by atoms with E-state index < -0.39 is 0 Å². The molecule has 2 aliphatic rings. The first-order chi connectivity index (χ1) is 11.0. The predicted octanol–water partition coefficient (Wildman–Crippen LogP) is 1.37. The molecule has 0 aromatic carbocycles. The zero-order valence-corrected chi connectivity index (χ0v) is 14.9. The van der Waals surface area contributed by atoms with Crippen LogP contribution in [0.4, 0.5) is 0 Å². The van der Waals surface area contributed by atoms with E-state index in [4.69, 9.17) is 4.74 Å². The molecule has 0 spiro atoms. The number of rotatable bonds is 8. The van der Waals surface area contributed by atoms with Crippen LogP contribution < -0.4 is 10.6 Å². The van der Waals surface area contributed by atoms with E-state index in [-0.39, 0.29) is 12.5 Å². The van der Waals surface area contributed by atoms with Crippen LogP contribution in [0.25, 0.3) is 0 Å². The van der Waals surface area contributed by atoms with Gasteiger partial charge in [-0.05, 0) is 37.5 Å². The van der Waals surface area contributed by atoms with Gasteiger partial charge in [-0.1, -0.05) is 12.8 Å². The quantitative estimate of drug-likeness (QED) is 0.523. The van der Waals surface area contributed by atoms with Crippen molar-refractivity contribution in [2.75, 3.05) is 40.9 Å². The SMILES string of the molecule is COCCC1(CNC(=NCC(=O)N(C)C)NC2CCCC2)CC1. The molecule has 0 unspecified atom stereocenters. The number of guanidine groups is 1. The molecule has 2 aliphatic carbocycles. The molecule has 0 heterocycles. The van der Waals surface area contributed by atoms with Gasteiger partial charge in [-0.3, -0.25) is 4.79 Å². The van der Waals surface area contributed by atoms with Crippen LogP contribution in [0.5, 0.6) is 0 Å². The second-order valence-corrected chi connectivity index (χ2v) is 7.18. The van der Waals surface area contributed by atoms with Crippen molar-refractivity contribution in [1.29, 1.82) is 0 Å². The van der Waals surface area contributed by atoms with Crippen LogP contribution in [0.2, 0.25) is 0 Å². The van der Waals surface area contributed by atoms with Crippen molar-refractivity contribution in [3.05, 3.63) is 0 Å². The second kappa shape index (κ2) is 8.52. The maximum absolute atomic E-state index is 11.8. The highest BCUT2D eigenvalue weighted by Gasteiger charge is 2.42. The minimum Gasteiger partial charge on any atom is -0.385 e. The fraction of sp³-hybridized carbons (Fsp3) is 0.882. The molecule has 0 atom stereocenters. The molecule has 0 aliphatic heterocycles. The Bertz CT molecular complexity index is 413. The zero-order chi connectivity index (χ0) is 16.7. The Hall–Kier alpha value is -1.30. The summed E-state index contributed by atoms with van der Waals surface area (Å²) in [6, 6.07) is 0.491. The molecule has 6 heteroatoms.